The third-order valence-electron chi connectivity index (χ3n) is 2.76. The second kappa shape index (κ2) is 8.33. The number of hydrogen-bond donors (Lipinski definition) is 3. The van der Waals surface area contributed by atoms with Gasteiger partial charge >= 0.3 is 0 Å². The molecule has 0 saturated heterocycles. The number of phenolic OH excluding ortho intramolecular Hbond substituents is 1. The number of hydrogen-bond acceptors (Lipinski definition) is 4. The summed E-state index contributed by atoms with van der Waals surface area (Å²) in [4.78, 5) is 11.7. The molecule has 0 aliphatic rings. The van der Waals surface area contributed by atoms with E-state index in [0.29, 0.717) is 25.2 Å². The van der Waals surface area contributed by atoms with Gasteiger partial charge in [0.1, 0.15) is 5.75 Å². The van der Waals surface area contributed by atoms with Crippen LogP contribution in [-0.4, -0.2) is 23.8 Å². The van der Waals surface area contributed by atoms with E-state index in [9.17, 15) is 9.90 Å². The molecule has 23 heavy (non-hydrogen) atoms. The lowest BCUT2D eigenvalue weighted by molar-refractivity contribution is -0.119. The Labute approximate surface area is 155 Å². The Morgan fingerprint density at radius 3 is 2.57 bits per heavy atom. The summed E-state index contributed by atoms with van der Waals surface area (Å²) in [6.07, 6.45) is 1.47. The summed E-state index contributed by atoms with van der Waals surface area (Å²) in [6, 6.07) is 10.5. The van der Waals surface area contributed by atoms with Crippen LogP contribution in [0.3, 0.4) is 0 Å². The summed E-state index contributed by atoms with van der Waals surface area (Å²) in [5.41, 5.74) is 3.80. The van der Waals surface area contributed by atoms with Crippen LogP contribution in [0.15, 0.2) is 50.4 Å². The van der Waals surface area contributed by atoms with Gasteiger partial charge in [0.05, 0.1) is 32.4 Å². The zero-order chi connectivity index (χ0) is 16.8. The quantitative estimate of drug-likeness (QED) is 0.463. The van der Waals surface area contributed by atoms with Crippen LogP contribution in [0.25, 0.3) is 0 Å². The molecule has 0 aromatic heterocycles. The van der Waals surface area contributed by atoms with Crippen molar-refractivity contribution in [3.05, 3.63) is 55.9 Å². The SMILES string of the molecule is O=C(CNc1ccccc1Cl)NN=Cc1cc(Br)c(O)c(Br)c1. The number of carbonyl (C=O) groups excluding carboxylic acids is 1. The van der Waals surface area contributed by atoms with Gasteiger partial charge in [-0.2, -0.15) is 5.10 Å². The number of nitrogens with zero attached hydrogens (tertiary/aromatic N) is 1. The lowest BCUT2D eigenvalue weighted by atomic mass is 10.2. The Morgan fingerprint density at radius 1 is 1.26 bits per heavy atom. The number of benzene rings is 2. The van der Waals surface area contributed by atoms with E-state index in [1.54, 1.807) is 24.3 Å². The summed E-state index contributed by atoms with van der Waals surface area (Å²) >= 11 is 12.4. The molecule has 0 spiro atoms. The van der Waals surface area contributed by atoms with Crippen LogP contribution in [0.5, 0.6) is 5.75 Å². The van der Waals surface area contributed by atoms with Crippen molar-refractivity contribution in [2.24, 2.45) is 5.10 Å². The van der Waals surface area contributed by atoms with Gasteiger partial charge in [0.25, 0.3) is 5.91 Å². The summed E-state index contributed by atoms with van der Waals surface area (Å²) in [5, 5.41) is 17.0. The molecular weight excluding hydrogens is 449 g/mol. The molecule has 120 valence electrons. The number of phenols is 1. The normalized spacial score (nSPS) is 10.7. The summed E-state index contributed by atoms with van der Waals surface area (Å²) in [6.45, 7) is 0.0457. The monoisotopic (exact) mass is 459 g/mol. The molecule has 5 nitrogen and oxygen atoms in total. The van der Waals surface area contributed by atoms with Gasteiger partial charge in [-0.15, -0.1) is 0 Å². The minimum absolute atomic E-state index is 0.0457. The average Bonchev–Trinajstić information content (AvgIpc) is 2.52. The van der Waals surface area contributed by atoms with Crippen LogP contribution in [-0.2, 0) is 4.79 Å². The first-order chi connectivity index (χ1) is 11.0. The number of amides is 1. The van der Waals surface area contributed by atoms with Crippen LogP contribution < -0.4 is 10.7 Å². The molecule has 8 heteroatoms. The van der Waals surface area contributed by atoms with Crippen LogP contribution >= 0.6 is 43.5 Å². The number of hydrazone groups is 1. The predicted octanol–water partition coefficient (Wildman–Crippen LogP) is 4.13. The lowest BCUT2D eigenvalue weighted by Crippen LogP contribution is -2.25. The average molecular weight is 462 g/mol. The molecule has 3 N–H and O–H groups in total. The number of halogens is 3. The maximum atomic E-state index is 11.7. The van der Waals surface area contributed by atoms with Crippen molar-refractivity contribution >= 4 is 61.3 Å². The molecule has 0 unspecified atom stereocenters. The maximum absolute atomic E-state index is 11.7. The van der Waals surface area contributed by atoms with Crippen molar-refractivity contribution in [3.8, 4) is 5.75 Å². The van der Waals surface area contributed by atoms with Gasteiger partial charge in [-0.3, -0.25) is 4.79 Å². The van der Waals surface area contributed by atoms with E-state index in [1.807, 2.05) is 12.1 Å². The minimum Gasteiger partial charge on any atom is -0.506 e. The highest BCUT2D eigenvalue weighted by Gasteiger charge is 2.05. The van der Waals surface area contributed by atoms with Gasteiger partial charge in [0, 0.05) is 0 Å². The van der Waals surface area contributed by atoms with E-state index in [0.717, 1.165) is 0 Å². The van der Waals surface area contributed by atoms with Gasteiger partial charge in [0.15, 0.2) is 0 Å². The Kier molecular flexibility index (Phi) is 6.44. The number of aromatic hydroxyl groups is 1. The second-order valence-corrected chi connectivity index (χ2v) is 6.58. The summed E-state index contributed by atoms with van der Waals surface area (Å²) in [7, 11) is 0. The van der Waals surface area contributed by atoms with Crippen molar-refractivity contribution in [3.63, 3.8) is 0 Å². The highest BCUT2D eigenvalue weighted by atomic mass is 79.9. The number of nitrogens with one attached hydrogen (secondary N) is 2. The van der Waals surface area contributed by atoms with Crippen molar-refractivity contribution in [2.75, 3.05) is 11.9 Å². The summed E-state index contributed by atoms with van der Waals surface area (Å²) < 4.78 is 1.06. The molecule has 0 bridgehead atoms. The van der Waals surface area contributed by atoms with Crippen LogP contribution in [0.1, 0.15) is 5.56 Å². The van der Waals surface area contributed by atoms with Crippen LogP contribution in [0, 0.1) is 0 Å². The predicted molar refractivity (Wildman–Crippen MR) is 99.2 cm³/mol. The van der Waals surface area contributed by atoms with E-state index in [-0.39, 0.29) is 18.2 Å². The molecule has 0 heterocycles. The van der Waals surface area contributed by atoms with Gasteiger partial charge in [-0.05, 0) is 61.7 Å². The van der Waals surface area contributed by atoms with E-state index >= 15 is 0 Å². The Balaban J connectivity index is 1.88. The van der Waals surface area contributed by atoms with Crippen molar-refractivity contribution in [1.29, 1.82) is 0 Å². The molecule has 2 rings (SSSR count). The van der Waals surface area contributed by atoms with Crippen LogP contribution in [0.2, 0.25) is 5.02 Å². The molecule has 0 aliphatic heterocycles. The van der Waals surface area contributed by atoms with Gasteiger partial charge < -0.3 is 10.4 Å². The number of rotatable bonds is 5. The molecule has 0 saturated carbocycles. The Morgan fingerprint density at radius 2 is 1.91 bits per heavy atom. The molecular formula is C15H12Br2ClN3O2. The zero-order valence-corrected chi connectivity index (χ0v) is 15.6. The zero-order valence-electron chi connectivity index (χ0n) is 11.7. The largest absolute Gasteiger partial charge is 0.506 e. The van der Waals surface area contributed by atoms with E-state index in [1.165, 1.54) is 6.21 Å². The molecule has 2 aromatic rings. The van der Waals surface area contributed by atoms with E-state index in [2.05, 4.69) is 47.7 Å². The number of carbonyl (C=O) groups is 1. The fourth-order valence-corrected chi connectivity index (χ4v) is 3.08. The van der Waals surface area contributed by atoms with Crippen molar-refractivity contribution in [2.45, 2.75) is 0 Å². The maximum Gasteiger partial charge on any atom is 0.259 e. The topological polar surface area (TPSA) is 73.7 Å². The highest BCUT2D eigenvalue weighted by molar-refractivity contribution is 9.11. The van der Waals surface area contributed by atoms with E-state index in [4.69, 9.17) is 11.6 Å². The lowest BCUT2D eigenvalue weighted by Gasteiger charge is -2.06. The van der Waals surface area contributed by atoms with Crippen molar-refractivity contribution in [1.82, 2.24) is 5.43 Å². The van der Waals surface area contributed by atoms with Gasteiger partial charge in [-0.1, -0.05) is 23.7 Å². The summed E-state index contributed by atoms with van der Waals surface area (Å²) in [5.74, 6) is -0.201. The first-order valence-electron chi connectivity index (χ1n) is 6.45. The van der Waals surface area contributed by atoms with Crippen molar-refractivity contribution < 1.29 is 9.90 Å². The Hall–Kier alpha value is -1.57. The van der Waals surface area contributed by atoms with Gasteiger partial charge in [-0.25, -0.2) is 5.43 Å². The van der Waals surface area contributed by atoms with Gasteiger partial charge in [0.2, 0.25) is 0 Å². The molecule has 2 aromatic carbocycles. The standard InChI is InChI=1S/C15H12Br2ClN3O2/c16-10-5-9(6-11(17)15(10)23)7-20-21-14(22)8-19-13-4-2-1-3-12(13)18/h1-7,19,23H,8H2,(H,21,22). The Bertz CT molecular complexity index is 730. The molecule has 1 amide bonds. The molecule has 0 fully saturated rings. The second-order valence-electron chi connectivity index (χ2n) is 4.46. The third-order valence-corrected chi connectivity index (χ3v) is 4.29. The number of anilines is 1. The highest BCUT2D eigenvalue weighted by Crippen LogP contribution is 2.32. The smallest absolute Gasteiger partial charge is 0.259 e. The fourth-order valence-electron chi connectivity index (χ4n) is 1.66. The first kappa shape index (κ1) is 17.8. The third kappa shape index (κ3) is 5.23. The molecule has 0 aliphatic carbocycles. The first-order valence-corrected chi connectivity index (χ1v) is 8.42. The van der Waals surface area contributed by atoms with E-state index < -0.39 is 0 Å². The molecule has 0 radical (unpaired) electrons. The molecule has 0 atom stereocenters. The number of para-hydroxylation sites is 1. The van der Waals surface area contributed by atoms with Crippen LogP contribution in [0.4, 0.5) is 5.69 Å². The fraction of sp³-hybridized carbons (Fsp3) is 0.0667. The minimum atomic E-state index is -0.307.